The van der Waals surface area contributed by atoms with Gasteiger partial charge in [-0.3, -0.25) is 29.4 Å². The fraction of sp³-hybridized carbons (Fsp3) is 0.286. The molecule has 0 aliphatic carbocycles. The van der Waals surface area contributed by atoms with Gasteiger partial charge in [-0.1, -0.05) is 44.2 Å². The van der Waals surface area contributed by atoms with E-state index < -0.39 is 29.2 Å². The number of nitrogens with one attached hydrogen (secondary N) is 1. The number of rotatable bonds is 7. The van der Waals surface area contributed by atoms with E-state index in [1.165, 1.54) is 12.1 Å². The molecule has 0 aromatic heterocycles. The molecule has 0 fully saturated rings. The minimum absolute atomic E-state index is 0.0567. The summed E-state index contributed by atoms with van der Waals surface area (Å²) in [6.45, 7) is 3.64. The van der Waals surface area contributed by atoms with Crippen LogP contribution in [0.1, 0.15) is 52.6 Å². The molecule has 29 heavy (non-hydrogen) atoms. The van der Waals surface area contributed by atoms with Gasteiger partial charge < -0.3 is 5.32 Å². The predicted octanol–water partition coefficient (Wildman–Crippen LogP) is 3.09. The largest absolute Gasteiger partial charge is 0.348 e. The molecule has 1 aliphatic rings. The Morgan fingerprint density at radius 1 is 1.07 bits per heavy atom. The second kappa shape index (κ2) is 8.22. The van der Waals surface area contributed by atoms with Crippen LogP contribution in [0, 0.1) is 16.0 Å². The molecular weight excluding hydrogens is 374 g/mol. The van der Waals surface area contributed by atoms with E-state index in [9.17, 15) is 24.5 Å². The van der Waals surface area contributed by atoms with E-state index in [-0.39, 0.29) is 22.9 Å². The molecule has 0 spiro atoms. The highest BCUT2D eigenvalue weighted by atomic mass is 16.6. The van der Waals surface area contributed by atoms with Gasteiger partial charge in [-0.05, 0) is 24.0 Å². The zero-order valence-electron chi connectivity index (χ0n) is 16.1. The lowest BCUT2D eigenvalue weighted by Gasteiger charge is -2.22. The third kappa shape index (κ3) is 4.31. The standard InChI is InChI=1S/C21H21N3O5/c1-13(2)10-18(14-6-4-3-5-7-14)22-19(25)12-23-20(26)16-9-8-15(24(28)29)11-17(16)21(23)27/h3-9,11,13,18H,10,12H2,1-2H3,(H,22,25). The third-order valence-electron chi connectivity index (χ3n) is 4.71. The lowest BCUT2D eigenvalue weighted by molar-refractivity contribution is -0.384. The number of imide groups is 1. The first-order valence-electron chi connectivity index (χ1n) is 9.27. The number of amides is 3. The molecule has 1 heterocycles. The fourth-order valence-electron chi connectivity index (χ4n) is 3.35. The van der Waals surface area contributed by atoms with Gasteiger partial charge in [0.1, 0.15) is 6.54 Å². The smallest absolute Gasteiger partial charge is 0.270 e. The highest BCUT2D eigenvalue weighted by Gasteiger charge is 2.38. The number of carbonyl (C=O) groups excluding carboxylic acids is 3. The molecule has 1 N–H and O–H groups in total. The summed E-state index contributed by atoms with van der Waals surface area (Å²) in [5.74, 6) is -1.48. The van der Waals surface area contributed by atoms with Crippen molar-refractivity contribution in [3.05, 3.63) is 75.3 Å². The van der Waals surface area contributed by atoms with Crippen molar-refractivity contribution in [2.45, 2.75) is 26.3 Å². The molecule has 3 rings (SSSR count). The Bertz CT molecular complexity index is 972. The summed E-state index contributed by atoms with van der Waals surface area (Å²) in [6.07, 6.45) is 0.698. The summed E-state index contributed by atoms with van der Waals surface area (Å²) in [5, 5.41) is 13.8. The predicted molar refractivity (Wildman–Crippen MR) is 105 cm³/mol. The number of nitrogens with zero attached hydrogens (tertiary/aromatic N) is 2. The Kier molecular flexibility index (Phi) is 5.72. The normalized spacial score (nSPS) is 14.1. The molecule has 2 aromatic carbocycles. The zero-order valence-corrected chi connectivity index (χ0v) is 16.1. The van der Waals surface area contributed by atoms with Crippen LogP contribution in [0.4, 0.5) is 5.69 Å². The molecule has 8 nitrogen and oxygen atoms in total. The number of carbonyl (C=O) groups is 3. The van der Waals surface area contributed by atoms with Gasteiger partial charge >= 0.3 is 0 Å². The van der Waals surface area contributed by atoms with Crippen LogP contribution in [-0.2, 0) is 4.79 Å². The van der Waals surface area contributed by atoms with Gasteiger partial charge in [0.25, 0.3) is 17.5 Å². The van der Waals surface area contributed by atoms with Gasteiger partial charge in [0, 0.05) is 12.1 Å². The molecule has 1 unspecified atom stereocenters. The van der Waals surface area contributed by atoms with Crippen molar-refractivity contribution in [1.29, 1.82) is 0 Å². The molecule has 2 aromatic rings. The molecule has 1 aliphatic heterocycles. The number of hydrogen-bond acceptors (Lipinski definition) is 5. The van der Waals surface area contributed by atoms with Gasteiger partial charge in [0.15, 0.2) is 0 Å². The van der Waals surface area contributed by atoms with E-state index in [0.29, 0.717) is 12.3 Å². The zero-order chi connectivity index (χ0) is 21.1. The molecule has 0 radical (unpaired) electrons. The molecule has 0 saturated carbocycles. The molecule has 0 bridgehead atoms. The van der Waals surface area contributed by atoms with Crippen LogP contribution in [0.5, 0.6) is 0 Å². The first-order valence-corrected chi connectivity index (χ1v) is 9.27. The molecule has 150 valence electrons. The van der Waals surface area contributed by atoms with Crippen LogP contribution < -0.4 is 5.32 Å². The Labute approximate surface area is 167 Å². The van der Waals surface area contributed by atoms with Crippen molar-refractivity contribution in [3.8, 4) is 0 Å². The van der Waals surface area contributed by atoms with Gasteiger partial charge in [0.05, 0.1) is 22.1 Å². The fourth-order valence-corrected chi connectivity index (χ4v) is 3.35. The summed E-state index contributed by atoms with van der Waals surface area (Å²) < 4.78 is 0. The number of nitro groups is 1. The maximum absolute atomic E-state index is 12.6. The van der Waals surface area contributed by atoms with Crippen LogP contribution in [0.3, 0.4) is 0 Å². The number of non-ortho nitro benzene ring substituents is 1. The van der Waals surface area contributed by atoms with Crippen LogP contribution in [-0.4, -0.2) is 34.1 Å². The minimum atomic E-state index is -0.705. The van der Waals surface area contributed by atoms with E-state index in [4.69, 9.17) is 0 Å². The number of fused-ring (bicyclic) bond motifs is 1. The van der Waals surface area contributed by atoms with Gasteiger partial charge in [0.2, 0.25) is 5.91 Å². The second-order valence-corrected chi connectivity index (χ2v) is 7.34. The summed E-state index contributed by atoms with van der Waals surface area (Å²) in [7, 11) is 0. The van der Waals surface area contributed by atoms with Crippen molar-refractivity contribution >= 4 is 23.4 Å². The lowest BCUT2D eigenvalue weighted by atomic mass is 9.97. The average molecular weight is 395 g/mol. The summed E-state index contributed by atoms with van der Waals surface area (Å²) in [4.78, 5) is 48.8. The van der Waals surface area contributed by atoms with Crippen molar-refractivity contribution < 1.29 is 19.3 Å². The van der Waals surface area contributed by atoms with Crippen molar-refractivity contribution in [2.75, 3.05) is 6.54 Å². The number of benzene rings is 2. The third-order valence-corrected chi connectivity index (χ3v) is 4.71. The summed E-state index contributed by atoms with van der Waals surface area (Å²) in [5.41, 5.74) is 0.666. The highest BCUT2D eigenvalue weighted by Crippen LogP contribution is 2.27. The topological polar surface area (TPSA) is 110 Å². The quantitative estimate of drug-likeness (QED) is 0.440. The Balaban J connectivity index is 1.75. The van der Waals surface area contributed by atoms with Gasteiger partial charge in [-0.2, -0.15) is 0 Å². The maximum Gasteiger partial charge on any atom is 0.270 e. The molecule has 8 heteroatoms. The number of hydrogen-bond donors (Lipinski definition) is 1. The van der Waals surface area contributed by atoms with Gasteiger partial charge in [-0.25, -0.2) is 0 Å². The Morgan fingerprint density at radius 3 is 2.34 bits per heavy atom. The monoisotopic (exact) mass is 395 g/mol. The van der Waals surface area contributed by atoms with Crippen molar-refractivity contribution in [1.82, 2.24) is 10.2 Å². The minimum Gasteiger partial charge on any atom is -0.348 e. The van der Waals surface area contributed by atoms with E-state index >= 15 is 0 Å². The van der Waals surface area contributed by atoms with Crippen molar-refractivity contribution in [3.63, 3.8) is 0 Å². The lowest BCUT2D eigenvalue weighted by Crippen LogP contribution is -2.41. The van der Waals surface area contributed by atoms with E-state index in [1.807, 2.05) is 44.2 Å². The van der Waals surface area contributed by atoms with Gasteiger partial charge in [-0.15, -0.1) is 0 Å². The van der Waals surface area contributed by atoms with Crippen LogP contribution >= 0.6 is 0 Å². The molecule has 0 saturated heterocycles. The SMILES string of the molecule is CC(C)CC(NC(=O)CN1C(=O)c2ccc([N+](=O)[O-])cc2C1=O)c1ccccc1. The molecule has 3 amide bonds. The molecular formula is C21H21N3O5. The van der Waals surface area contributed by atoms with Crippen LogP contribution in [0.25, 0.3) is 0 Å². The van der Waals surface area contributed by atoms with E-state index in [2.05, 4.69) is 5.32 Å². The first-order chi connectivity index (χ1) is 13.8. The summed E-state index contributed by atoms with van der Waals surface area (Å²) in [6, 6.07) is 12.7. The Morgan fingerprint density at radius 2 is 1.72 bits per heavy atom. The Hall–Kier alpha value is -3.55. The molecule has 1 atom stereocenters. The highest BCUT2D eigenvalue weighted by molar-refractivity contribution is 6.22. The van der Waals surface area contributed by atoms with Crippen LogP contribution in [0.15, 0.2) is 48.5 Å². The first kappa shape index (κ1) is 20.2. The van der Waals surface area contributed by atoms with Crippen molar-refractivity contribution in [2.24, 2.45) is 5.92 Å². The average Bonchev–Trinajstić information content (AvgIpc) is 2.92. The number of nitro benzene ring substituents is 1. The summed E-state index contributed by atoms with van der Waals surface area (Å²) >= 11 is 0. The van der Waals surface area contributed by atoms with E-state index in [0.717, 1.165) is 16.5 Å². The second-order valence-electron chi connectivity index (χ2n) is 7.34. The van der Waals surface area contributed by atoms with Crippen LogP contribution in [0.2, 0.25) is 0 Å². The maximum atomic E-state index is 12.6. The van der Waals surface area contributed by atoms with E-state index in [1.54, 1.807) is 0 Å².